The van der Waals surface area contributed by atoms with Crippen LogP contribution in [0.2, 0.25) is 5.02 Å². The van der Waals surface area contributed by atoms with Crippen molar-refractivity contribution >= 4 is 29.4 Å². The first-order valence-electron chi connectivity index (χ1n) is 6.27. The number of carbonyl (C=O) groups is 3. The molecule has 0 heterocycles. The molecule has 1 rings (SSSR count). The van der Waals surface area contributed by atoms with E-state index < -0.39 is 11.9 Å². The fourth-order valence-electron chi connectivity index (χ4n) is 1.46. The van der Waals surface area contributed by atoms with E-state index in [0.29, 0.717) is 5.02 Å². The van der Waals surface area contributed by atoms with E-state index in [1.54, 1.807) is 24.3 Å². The smallest absolute Gasteiger partial charge is 0.310 e. The van der Waals surface area contributed by atoms with Crippen molar-refractivity contribution in [3.63, 3.8) is 0 Å². The van der Waals surface area contributed by atoms with Gasteiger partial charge in [0.05, 0.1) is 13.0 Å². The minimum atomic E-state index is -0.515. The third-order valence-electron chi connectivity index (χ3n) is 2.70. The van der Waals surface area contributed by atoms with Crippen molar-refractivity contribution in [1.82, 2.24) is 10.2 Å². The molecule has 0 fully saturated rings. The summed E-state index contributed by atoms with van der Waals surface area (Å²) in [6.45, 7) is -0.468. The first-order valence-corrected chi connectivity index (χ1v) is 6.64. The Kier molecular flexibility index (Phi) is 6.68. The van der Waals surface area contributed by atoms with Gasteiger partial charge in [0.25, 0.3) is 5.91 Å². The normalized spacial score (nSPS) is 9.86. The second-order valence-electron chi connectivity index (χ2n) is 4.39. The van der Waals surface area contributed by atoms with Gasteiger partial charge in [-0.15, -0.1) is 0 Å². The number of rotatable bonds is 6. The van der Waals surface area contributed by atoms with Gasteiger partial charge < -0.3 is 15.0 Å². The Labute approximate surface area is 128 Å². The lowest BCUT2D eigenvalue weighted by Crippen LogP contribution is -2.39. The van der Waals surface area contributed by atoms with Gasteiger partial charge in [-0.1, -0.05) is 23.7 Å². The van der Waals surface area contributed by atoms with E-state index in [1.807, 2.05) is 0 Å². The average Bonchev–Trinajstić information content (AvgIpc) is 2.46. The summed E-state index contributed by atoms with van der Waals surface area (Å²) in [5, 5.41) is 2.98. The van der Waals surface area contributed by atoms with E-state index in [-0.39, 0.29) is 25.5 Å². The highest BCUT2D eigenvalue weighted by molar-refractivity contribution is 6.30. The molecular formula is C14H17ClN2O4. The molecule has 6 nitrogen and oxygen atoms in total. The molecule has 1 aromatic carbocycles. The summed E-state index contributed by atoms with van der Waals surface area (Å²) in [6.07, 6.45) is 0.0591. The lowest BCUT2D eigenvalue weighted by atomic mass is 10.1. The quantitative estimate of drug-likeness (QED) is 0.782. The molecule has 0 unspecified atom stereocenters. The first kappa shape index (κ1) is 17.0. The van der Waals surface area contributed by atoms with E-state index in [1.165, 1.54) is 19.0 Å². The van der Waals surface area contributed by atoms with Crippen molar-refractivity contribution in [3.8, 4) is 0 Å². The molecular weight excluding hydrogens is 296 g/mol. The zero-order valence-corrected chi connectivity index (χ0v) is 12.6. The maximum absolute atomic E-state index is 11.6. The molecule has 0 aromatic heterocycles. The number of ether oxygens (including phenoxy) is 1. The summed E-state index contributed by atoms with van der Waals surface area (Å²) in [6, 6.07) is 6.77. The van der Waals surface area contributed by atoms with Crippen LogP contribution in [-0.4, -0.2) is 49.9 Å². The predicted molar refractivity (Wildman–Crippen MR) is 77.8 cm³/mol. The third-order valence-corrected chi connectivity index (χ3v) is 2.96. The number of nitrogens with zero attached hydrogens (tertiary/aromatic N) is 1. The maximum Gasteiger partial charge on any atom is 0.310 e. The molecule has 2 amide bonds. The summed E-state index contributed by atoms with van der Waals surface area (Å²) in [5.74, 6) is -1.25. The lowest BCUT2D eigenvalue weighted by Gasteiger charge is -2.15. The fourth-order valence-corrected chi connectivity index (χ4v) is 1.58. The summed E-state index contributed by atoms with van der Waals surface area (Å²) >= 11 is 5.74. The van der Waals surface area contributed by atoms with Gasteiger partial charge in [-0.3, -0.25) is 14.4 Å². The Hall–Kier alpha value is -2.08. The molecule has 0 aliphatic heterocycles. The van der Waals surface area contributed by atoms with Gasteiger partial charge in [0.15, 0.2) is 6.61 Å². The average molecular weight is 313 g/mol. The van der Waals surface area contributed by atoms with E-state index >= 15 is 0 Å². The van der Waals surface area contributed by atoms with E-state index in [0.717, 1.165) is 5.56 Å². The van der Waals surface area contributed by atoms with Crippen molar-refractivity contribution in [1.29, 1.82) is 0 Å². The van der Waals surface area contributed by atoms with Crippen LogP contribution in [0.1, 0.15) is 5.56 Å². The van der Waals surface area contributed by atoms with Crippen LogP contribution in [0.25, 0.3) is 0 Å². The SMILES string of the molecule is CNC(=O)CN(C)C(=O)COC(=O)Cc1ccc(Cl)cc1. The number of hydrogen-bond donors (Lipinski definition) is 1. The Bertz CT molecular complexity index is 516. The lowest BCUT2D eigenvalue weighted by molar-refractivity contribution is -0.151. The zero-order valence-electron chi connectivity index (χ0n) is 11.9. The van der Waals surface area contributed by atoms with Gasteiger partial charge in [0.2, 0.25) is 5.91 Å². The highest BCUT2D eigenvalue weighted by Crippen LogP contribution is 2.10. The van der Waals surface area contributed by atoms with Crippen LogP contribution < -0.4 is 5.32 Å². The fraction of sp³-hybridized carbons (Fsp3) is 0.357. The van der Waals surface area contributed by atoms with Crippen LogP contribution in [0.3, 0.4) is 0 Å². The van der Waals surface area contributed by atoms with E-state index in [9.17, 15) is 14.4 Å². The van der Waals surface area contributed by atoms with Crippen molar-refractivity contribution in [2.75, 3.05) is 27.2 Å². The number of halogens is 1. The number of hydrogen-bond acceptors (Lipinski definition) is 4. The summed E-state index contributed by atoms with van der Waals surface area (Å²) < 4.78 is 4.88. The molecule has 0 saturated carbocycles. The molecule has 21 heavy (non-hydrogen) atoms. The van der Waals surface area contributed by atoms with Crippen LogP contribution in [0.5, 0.6) is 0 Å². The van der Waals surface area contributed by atoms with Gasteiger partial charge in [0.1, 0.15) is 0 Å². The van der Waals surface area contributed by atoms with Crippen molar-refractivity contribution < 1.29 is 19.1 Å². The molecule has 0 aliphatic rings. The number of likely N-dealkylation sites (N-methyl/N-ethyl adjacent to an activating group) is 2. The summed E-state index contributed by atoms with van der Waals surface area (Å²) in [5.41, 5.74) is 0.746. The topological polar surface area (TPSA) is 75.7 Å². The Morgan fingerprint density at radius 1 is 1.24 bits per heavy atom. The highest BCUT2D eigenvalue weighted by atomic mass is 35.5. The molecule has 0 spiro atoms. The van der Waals surface area contributed by atoms with Gasteiger partial charge >= 0.3 is 5.97 Å². The highest BCUT2D eigenvalue weighted by Gasteiger charge is 2.14. The molecule has 0 atom stereocenters. The Morgan fingerprint density at radius 3 is 2.43 bits per heavy atom. The second kappa shape index (κ2) is 8.26. The predicted octanol–water partition coefficient (Wildman–Crippen LogP) is 0.630. The van der Waals surface area contributed by atoms with Gasteiger partial charge in [-0.05, 0) is 17.7 Å². The van der Waals surface area contributed by atoms with Crippen molar-refractivity contribution in [2.24, 2.45) is 0 Å². The monoisotopic (exact) mass is 312 g/mol. The molecule has 7 heteroatoms. The Balaban J connectivity index is 2.37. The van der Waals surface area contributed by atoms with Crippen LogP contribution in [0.15, 0.2) is 24.3 Å². The van der Waals surface area contributed by atoms with Crippen LogP contribution >= 0.6 is 11.6 Å². The maximum atomic E-state index is 11.6. The van der Waals surface area contributed by atoms with Crippen LogP contribution in [0.4, 0.5) is 0 Å². The largest absolute Gasteiger partial charge is 0.455 e. The number of esters is 1. The summed E-state index contributed by atoms with van der Waals surface area (Å²) in [4.78, 5) is 35.5. The minimum Gasteiger partial charge on any atom is -0.455 e. The third kappa shape index (κ3) is 6.27. The van der Waals surface area contributed by atoms with E-state index in [2.05, 4.69) is 5.32 Å². The molecule has 1 N–H and O–H groups in total. The van der Waals surface area contributed by atoms with Crippen molar-refractivity contribution in [3.05, 3.63) is 34.9 Å². The summed E-state index contributed by atoms with van der Waals surface area (Å²) in [7, 11) is 2.94. The zero-order chi connectivity index (χ0) is 15.8. The molecule has 114 valence electrons. The van der Waals surface area contributed by atoms with Gasteiger partial charge in [-0.2, -0.15) is 0 Å². The second-order valence-corrected chi connectivity index (χ2v) is 4.82. The van der Waals surface area contributed by atoms with Crippen LogP contribution in [-0.2, 0) is 25.5 Å². The molecule has 0 saturated heterocycles. The van der Waals surface area contributed by atoms with E-state index in [4.69, 9.17) is 16.3 Å². The van der Waals surface area contributed by atoms with Gasteiger partial charge in [-0.25, -0.2) is 0 Å². The first-order chi connectivity index (χ1) is 9.92. The van der Waals surface area contributed by atoms with Crippen LogP contribution in [0, 0.1) is 0 Å². The molecule has 0 aliphatic carbocycles. The minimum absolute atomic E-state index is 0.0591. The molecule has 0 bridgehead atoms. The van der Waals surface area contributed by atoms with Crippen molar-refractivity contribution in [2.45, 2.75) is 6.42 Å². The number of amides is 2. The number of benzene rings is 1. The Morgan fingerprint density at radius 2 is 1.86 bits per heavy atom. The number of carbonyl (C=O) groups excluding carboxylic acids is 3. The standard InChI is InChI=1S/C14H17ClN2O4/c1-16-12(18)8-17(2)13(19)9-21-14(20)7-10-3-5-11(15)6-4-10/h3-6H,7-9H2,1-2H3,(H,16,18). The molecule has 1 aromatic rings. The number of nitrogens with one attached hydrogen (secondary N) is 1. The van der Waals surface area contributed by atoms with Gasteiger partial charge in [0, 0.05) is 19.1 Å². The molecule has 0 radical (unpaired) electrons.